The van der Waals surface area contributed by atoms with Crippen LogP contribution in [0.5, 0.6) is 0 Å². The van der Waals surface area contributed by atoms with Crippen molar-refractivity contribution in [3.8, 4) is 0 Å². The van der Waals surface area contributed by atoms with Crippen LogP contribution in [0.2, 0.25) is 0 Å². The molecule has 1 aromatic rings. The Morgan fingerprint density at radius 2 is 1.89 bits per heavy atom. The Hall–Kier alpha value is -2.42. The maximum atomic E-state index is 12.3. The molecule has 154 valence electrons. The predicted molar refractivity (Wildman–Crippen MR) is 105 cm³/mol. The van der Waals surface area contributed by atoms with E-state index in [9.17, 15) is 19.2 Å². The molecule has 1 aliphatic rings. The summed E-state index contributed by atoms with van der Waals surface area (Å²) in [4.78, 5) is 48.6. The van der Waals surface area contributed by atoms with Crippen LogP contribution in [0.1, 0.15) is 55.6 Å². The molecule has 0 aromatic carbocycles. The molecule has 1 heterocycles. The molecule has 1 aliphatic carbocycles. The minimum atomic E-state index is -0.890. The number of carbonyl (C=O) groups excluding carboxylic acids is 4. The van der Waals surface area contributed by atoms with Crippen LogP contribution in [-0.2, 0) is 14.3 Å². The van der Waals surface area contributed by atoms with E-state index >= 15 is 0 Å². The topological polar surface area (TPSA) is 114 Å². The molecule has 0 radical (unpaired) electrons. The molecule has 28 heavy (non-hydrogen) atoms. The third-order valence-corrected chi connectivity index (χ3v) is 5.36. The van der Waals surface area contributed by atoms with Crippen molar-refractivity contribution in [3.05, 3.63) is 22.4 Å². The predicted octanol–water partition coefficient (Wildman–Crippen LogP) is 2.20. The van der Waals surface area contributed by atoms with E-state index in [0.717, 1.165) is 32.1 Å². The number of rotatable bonds is 7. The monoisotopic (exact) mass is 409 g/mol. The Labute approximate surface area is 168 Å². The molecule has 0 aliphatic heterocycles. The van der Waals surface area contributed by atoms with Crippen LogP contribution in [0, 0.1) is 5.92 Å². The van der Waals surface area contributed by atoms with Gasteiger partial charge in [0.2, 0.25) is 0 Å². The standard InChI is InChI=1S/C19H27N3O5S/c1-12(2)16(22-17(24)14-9-6-10-28-14)18(25)27-11-15(23)21-19(26)20-13-7-4-3-5-8-13/h6,9-10,12-13,16H,3-5,7-8,11H2,1-2H3,(H,22,24)(H2,20,21,23,26). The highest BCUT2D eigenvalue weighted by Crippen LogP contribution is 2.17. The summed E-state index contributed by atoms with van der Waals surface area (Å²) in [6, 6.07) is 1.99. The van der Waals surface area contributed by atoms with E-state index in [-0.39, 0.29) is 17.9 Å². The summed E-state index contributed by atoms with van der Waals surface area (Å²) in [7, 11) is 0. The summed E-state index contributed by atoms with van der Waals surface area (Å²) < 4.78 is 4.99. The Morgan fingerprint density at radius 1 is 1.18 bits per heavy atom. The van der Waals surface area contributed by atoms with Crippen LogP contribution in [0.25, 0.3) is 0 Å². The van der Waals surface area contributed by atoms with Crippen molar-refractivity contribution < 1.29 is 23.9 Å². The second kappa shape index (κ2) is 10.8. The van der Waals surface area contributed by atoms with E-state index in [1.54, 1.807) is 31.4 Å². The van der Waals surface area contributed by atoms with Gasteiger partial charge in [0.15, 0.2) is 6.61 Å². The van der Waals surface area contributed by atoms with E-state index in [2.05, 4.69) is 16.0 Å². The highest BCUT2D eigenvalue weighted by atomic mass is 32.1. The number of carbonyl (C=O) groups is 4. The van der Waals surface area contributed by atoms with Crippen molar-refractivity contribution in [1.82, 2.24) is 16.0 Å². The number of amides is 4. The normalized spacial score (nSPS) is 15.5. The second-order valence-electron chi connectivity index (χ2n) is 7.14. The van der Waals surface area contributed by atoms with Crippen molar-refractivity contribution in [3.63, 3.8) is 0 Å². The van der Waals surface area contributed by atoms with E-state index in [4.69, 9.17) is 4.74 Å². The molecular formula is C19H27N3O5S. The molecular weight excluding hydrogens is 382 g/mol. The third kappa shape index (κ3) is 6.95. The van der Waals surface area contributed by atoms with Gasteiger partial charge in [0.1, 0.15) is 6.04 Å². The van der Waals surface area contributed by atoms with E-state index < -0.39 is 30.6 Å². The Kier molecular flexibility index (Phi) is 8.43. The zero-order valence-corrected chi connectivity index (χ0v) is 17.0. The summed E-state index contributed by atoms with van der Waals surface area (Å²) in [5.41, 5.74) is 0. The van der Waals surface area contributed by atoms with Crippen LogP contribution in [0.4, 0.5) is 4.79 Å². The number of hydrogen-bond acceptors (Lipinski definition) is 6. The van der Waals surface area contributed by atoms with Gasteiger partial charge in [0, 0.05) is 6.04 Å². The number of thiophene rings is 1. The molecule has 0 bridgehead atoms. The summed E-state index contributed by atoms with van der Waals surface area (Å²) >= 11 is 1.26. The minimum absolute atomic E-state index is 0.0712. The summed E-state index contributed by atoms with van der Waals surface area (Å²) in [5.74, 6) is -2.03. The largest absolute Gasteiger partial charge is 0.454 e. The van der Waals surface area contributed by atoms with Crippen LogP contribution >= 0.6 is 11.3 Å². The molecule has 1 fully saturated rings. The molecule has 0 saturated heterocycles. The number of imide groups is 1. The van der Waals surface area contributed by atoms with Gasteiger partial charge in [-0.15, -0.1) is 11.3 Å². The molecule has 1 saturated carbocycles. The Balaban J connectivity index is 1.76. The number of esters is 1. The highest BCUT2D eigenvalue weighted by molar-refractivity contribution is 7.12. The van der Waals surface area contributed by atoms with Crippen molar-refractivity contribution in [2.75, 3.05) is 6.61 Å². The fourth-order valence-electron chi connectivity index (χ4n) is 2.98. The molecule has 2 rings (SSSR count). The van der Waals surface area contributed by atoms with Gasteiger partial charge >= 0.3 is 12.0 Å². The number of ether oxygens (including phenoxy) is 1. The van der Waals surface area contributed by atoms with Crippen molar-refractivity contribution in [1.29, 1.82) is 0 Å². The molecule has 9 heteroatoms. The van der Waals surface area contributed by atoms with Gasteiger partial charge in [-0.25, -0.2) is 9.59 Å². The molecule has 1 atom stereocenters. The van der Waals surface area contributed by atoms with Crippen molar-refractivity contribution >= 4 is 35.2 Å². The molecule has 3 N–H and O–H groups in total. The van der Waals surface area contributed by atoms with Gasteiger partial charge in [-0.1, -0.05) is 39.2 Å². The smallest absolute Gasteiger partial charge is 0.329 e. The van der Waals surface area contributed by atoms with Gasteiger partial charge < -0.3 is 15.4 Å². The van der Waals surface area contributed by atoms with Crippen LogP contribution < -0.4 is 16.0 Å². The Morgan fingerprint density at radius 3 is 2.50 bits per heavy atom. The maximum absolute atomic E-state index is 12.3. The van der Waals surface area contributed by atoms with Gasteiger partial charge in [0.25, 0.3) is 11.8 Å². The first kappa shape index (κ1) is 21.9. The SMILES string of the molecule is CC(C)C(NC(=O)c1cccs1)C(=O)OCC(=O)NC(=O)NC1CCCCC1. The summed E-state index contributed by atoms with van der Waals surface area (Å²) in [6.45, 7) is 2.94. The first-order chi connectivity index (χ1) is 13.4. The fourth-order valence-corrected chi connectivity index (χ4v) is 3.60. The quantitative estimate of drug-likeness (QED) is 0.598. The lowest BCUT2D eigenvalue weighted by atomic mass is 9.96. The third-order valence-electron chi connectivity index (χ3n) is 4.49. The first-order valence-corrected chi connectivity index (χ1v) is 10.4. The van der Waals surface area contributed by atoms with E-state index in [1.807, 2.05) is 0 Å². The number of hydrogen-bond donors (Lipinski definition) is 3. The number of urea groups is 1. The van der Waals surface area contributed by atoms with Crippen LogP contribution in [0.3, 0.4) is 0 Å². The zero-order chi connectivity index (χ0) is 20.5. The molecule has 1 unspecified atom stereocenters. The Bertz CT molecular complexity index is 684. The fraction of sp³-hybridized carbons (Fsp3) is 0.579. The first-order valence-electron chi connectivity index (χ1n) is 9.48. The van der Waals surface area contributed by atoms with Gasteiger partial charge in [-0.05, 0) is 30.2 Å². The van der Waals surface area contributed by atoms with E-state index in [0.29, 0.717) is 4.88 Å². The van der Waals surface area contributed by atoms with Crippen molar-refractivity contribution in [2.45, 2.75) is 58.0 Å². The lowest BCUT2D eigenvalue weighted by Gasteiger charge is -2.22. The van der Waals surface area contributed by atoms with Crippen LogP contribution in [0.15, 0.2) is 17.5 Å². The van der Waals surface area contributed by atoms with Gasteiger partial charge in [-0.2, -0.15) is 0 Å². The second-order valence-corrected chi connectivity index (χ2v) is 8.08. The molecule has 1 aromatic heterocycles. The summed E-state index contributed by atoms with van der Waals surface area (Å²) in [6.07, 6.45) is 5.08. The maximum Gasteiger partial charge on any atom is 0.329 e. The summed E-state index contributed by atoms with van der Waals surface area (Å²) in [5, 5.41) is 9.30. The zero-order valence-electron chi connectivity index (χ0n) is 16.2. The number of nitrogens with one attached hydrogen (secondary N) is 3. The average Bonchev–Trinajstić information content (AvgIpc) is 3.19. The van der Waals surface area contributed by atoms with Crippen LogP contribution in [-0.4, -0.2) is 42.5 Å². The average molecular weight is 410 g/mol. The lowest BCUT2D eigenvalue weighted by Crippen LogP contribution is -2.48. The minimum Gasteiger partial charge on any atom is -0.454 e. The van der Waals surface area contributed by atoms with Gasteiger partial charge in [-0.3, -0.25) is 14.9 Å². The molecule has 4 amide bonds. The van der Waals surface area contributed by atoms with Crippen molar-refractivity contribution in [2.24, 2.45) is 5.92 Å². The highest BCUT2D eigenvalue weighted by Gasteiger charge is 2.27. The van der Waals surface area contributed by atoms with E-state index in [1.165, 1.54) is 11.3 Å². The van der Waals surface area contributed by atoms with Gasteiger partial charge in [0.05, 0.1) is 4.88 Å². The lowest BCUT2D eigenvalue weighted by molar-refractivity contribution is -0.151. The molecule has 8 nitrogen and oxygen atoms in total. The molecule has 0 spiro atoms.